The average Bonchev–Trinajstić information content (AvgIpc) is 2.33. The summed E-state index contributed by atoms with van der Waals surface area (Å²) in [5.74, 6) is 0. The first-order valence-corrected chi connectivity index (χ1v) is 6.61. The molecule has 0 unspecified atom stereocenters. The molecule has 0 N–H and O–H groups in total. The zero-order chi connectivity index (χ0) is 11.2. The van der Waals surface area contributed by atoms with Crippen molar-refractivity contribution >= 4 is 20.5 Å². The molecule has 2 aromatic rings. The Kier molecular flexibility index (Phi) is 4.21. The van der Waals surface area contributed by atoms with Gasteiger partial charge in [0.15, 0.2) is 0 Å². The number of benzene rings is 2. The fourth-order valence-corrected chi connectivity index (χ4v) is 2.42. The second-order valence-electron chi connectivity index (χ2n) is 3.97. The number of aryl methyl sites for hydroxylation is 2. The first-order chi connectivity index (χ1) is 7.86. The first-order valence-electron chi connectivity index (χ1n) is 5.67. The van der Waals surface area contributed by atoms with Crippen LogP contribution in [0.3, 0.4) is 0 Å². The van der Waals surface area contributed by atoms with Crippen molar-refractivity contribution in [3.63, 3.8) is 0 Å². The van der Waals surface area contributed by atoms with Crippen LogP contribution in [0.25, 0.3) is 0 Å². The normalized spacial score (nSPS) is 10.3. The van der Waals surface area contributed by atoms with Crippen LogP contribution in [-0.2, 0) is 12.8 Å². The Morgan fingerprint density at radius 3 is 2.19 bits per heavy atom. The molecule has 0 saturated carbocycles. The van der Waals surface area contributed by atoms with Gasteiger partial charge in [0, 0.05) is 0 Å². The van der Waals surface area contributed by atoms with Gasteiger partial charge in [-0.3, -0.25) is 0 Å². The maximum absolute atomic E-state index is 2.66. The van der Waals surface area contributed by atoms with Gasteiger partial charge in [0.1, 0.15) is 0 Å². The molecule has 0 amide bonds. The van der Waals surface area contributed by atoms with E-state index in [1.807, 2.05) is 0 Å². The Labute approximate surface area is 106 Å². The third-order valence-corrected chi connectivity index (χ3v) is 3.66. The average molecular weight is 275 g/mol. The van der Waals surface area contributed by atoms with Crippen molar-refractivity contribution in [1.29, 1.82) is 0 Å². The Morgan fingerprint density at radius 1 is 0.750 bits per heavy atom. The van der Waals surface area contributed by atoms with E-state index in [1.54, 1.807) is 0 Å². The third kappa shape index (κ3) is 3.23. The van der Waals surface area contributed by atoms with Crippen LogP contribution in [0, 0.1) is 0 Å². The molecular formula is C15H16Se. The Morgan fingerprint density at radius 2 is 1.44 bits per heavy atom. The summed E-state index contributed by atoms with van der Waals surface area (Å²) >= 11 is 2.66. The molecule has 0 fully saturated rings. The van der Waals surface area contributed by atoms with E-state index in [9.17, 15) is 0 Å². The summed E-state index contributed by atoms with van der Waals surface area (Å²) in [6.45, 7) is 0. The molecule has 0 radical (unpaired) electrons. The molecule has 0 aliphatic carbocycles. The minimum atomic E-state index is 1.17. The molecule has 0 atom stereocenters. The van der Waals surface area contributed by atoms with Gasteiger partial charge in [-0.1, -0.05) is 0 Å². The SMILES string of the molecule is [SeH]c1ccccc1CCCc1ccccc1. The topological polar surface area (TPSA) is 0 Å². The summed E-state index contributed by atoms with van der Waals surface area (Å²) in [5, 5.41) is 0. The van der Waals surface area contributed by atoms with Crippen LogP contribution in [0.2, 0.25) is 0 Å². The molecule has 2 aromatic carbocycles. The van der Waals surface area contributed by atoms with Gasteiger partial charge in [-0.25, -0.2) is 0 Å². The second-order valence-corrected chi connectivity index (χ2v) is 4.98. The number of hydrogen-bond donors (Lipinski definition) is 0. The van der Waals surface area contributed by atoms with E-state index < -0.39 is 0 Å². The monoisotopic (exact) mass is 276 g/mol. The molecule has 0 aromatic heterocycles. The molecule has 0 bridgehead atoms. The summed E-state index contributed by atoms with van der Waals surface area (Å²) in [4.78, 5) is 0. The molecule has 0 aliphatic rings. The molecule has 0 saturated heterocycles. The van der Waals surface area contributed by atoms with Gasteiger partial charge in [-0.05, 0) is 0 Å². The number of hydrogen-bond acceptors (Lipinski definition) is 0. The van der Waals surface area contributed by atoms with Gasteiger partial charge in [0.25, 0.3) is 0 Å². The predicted octanol–water partition coefficient (Wildman–Crippen LogP) is 2.39. The van der Waals surface area contributed by atoms with E-state index in [-0.39, 0.29) is 0 Å². The van der Waals surface area contributed by atoms with Crippen LogP contribution in [0.4, 0.5) is 0 Å². The summed E-state index contributed by atoms with van der Waals surface area (Å²) in [7, 11) is 0. The van der Waals surface area contributed by atoms with E-state index in [1.165, 1.54) is 34.9 Å². The van der Waals surface area contributed by atoms with Crippen molar-refractivity contribution in [3.8, 4) is 0 Å². The fraction of sp³-hybridized carbons (Fsp3) is 0.200. The maximum atomic E-state index is 2.66. The molecule has 2 rings (SSSR count). The van der Waals surface area contributed by atoms with E-state index in [0.29, 0.717) is 0 Å². The Bertz CT molecular complexity index is 434. The summed E-state index contributed by atoms with van der Waals surface area (Å²) in [6.07, 6.45) is 3.56. The van der Waals surface area contributed by atoms with Crippen LogP contribution in [0.15, 0.2) is 54.6 Å². The second kappa shape index (κ2) is 5.88. The number of rotatable bonds is 4. The quantitative estimate of drug-likeness (QED) is 0.752. The molecule has 0 heterocycles. The minimum absolute atomic E-state index is 1.17. The first kappa shape index (κ1) is 11.4. The van der Waals surface area contributed by atoms with E-state index in [4.69, 9.17) is 0 Å². The fourth-order valence-electron chi connectivity index (χ4n) is 1.85. The zero-order valence-corrected chi connectivity index (χ0v) is 11.1. The van der Waals surface area contributed by atoms with Crippen molar-refractivity contribution < 1.29 is 0 Å². The van der Waals surface area contributed by atoms with Gasteiger partial charge in [-0.2, -0.15) is 0 Å². The van der Waals surface area contributed by atoms with Gasteiger partial charge in [-0.15, -0.1) is 0 Å². The van der Waals surface area contributed by atoms with Crippen molar-refractivity contribution in [2.75, 3.05) is 0 Å². The van der Waals surface area contributed by atoms with Crippen molar-refractivity contribution in [3.05, 3.63) is 65.7 Å². The molecule has 1 heteroatoms. The van der Waals surface area contributed by atoms with Crippen LogP contribution < -0.4 is 4.46 Å². The molecule has 0 spiro atoms. The van der Waals surface area contributed by atoms with Crippen molar-refractivity contribution in [2.45, 2.75) is 19.3 Å². The predicted molar refractivity (Wildman–Crippen MR) is 71.7 cm³/mol. The van der Waals surface area contributed by atoms with E-state index in [0.717, 1.165) is 0 Å². The summed E-state index contributed by atoms with van der Waals surface area (Å²) in [5.41, 5.74) is 2.89. The van der Waals surface area contributed by atoms with E-state index in [2.05, 4.69) is 70.6 Å². The molecular weight excluding hydrogens is 259 g/mol. The van der Waals surface area contributed by atoms with Crippen LogP contribution >= 0.6 is 0 Å². The molecule has 0 aliphatic heterocycles. The van der Waals surface area contributed by atoms with E-state index >= 15 is 0 Å². The standard InChI is InChI=1S/C15H16Se/c16-15-12-5-4-10-14(15)11-6-9-13-7-2-1-3-8-13/h1-5,7-8,10,12,16H,6,9,11H2. The van der Waals surface area contributed by atoms with Crippen LogP contribution in [0.1, 0.15) is 17.5 Å². The summed E-state index contributed by atoms with van der Waals surface area (Å²) < 4.78 is 1.35. The van der Waals surface area contributed by atoms with Gasteiger partial charge in [0.05, 0.1) is 0 Å². The molecule has 82 valence electrons. The van der Waals surface area contributed by atoms with Crippen LogP contribution in [-0.4, -0.2) is 16.0 Å². The van der Waals surface area contributed by atoms with Crippen LogP contribution in [0.5, 0.6) is 0 Å². The molecule has 16 heavy (non-hydrogen) atoms. The Hall–Kier alpha value is -1.04. The summed E-state index contributed by atoms with van der Waals surface area (Å²) in [6, 6.07) is 19.3. The molecule has 0 nitrogen and oxygen atoms in total. The van der Waals surface area contributed by atoms with Crippen molar-refractivity contribution in [2.24, 2.45) is 0 Å². The zero-order valence-electron chi connectivity index (χ0n) is 9.26. The van der Waals surface area contributed by atoms with Gasteiger partial charge < -0.3 is 0 Å². The van der Waals surface area contributed by atoms with Crippen molar-refractivity contribution in [1.82, 2.24) is 0 Å². The van der Waals surface area contributed by atoms with Gasteiger partial charge >= 0.3 is 105 Å². The Balaban J connectivity index is 1.87. The third-order valence-electron chi connectivity index (χ3n) is 2.75. The van der Waals surface area contributed by atoms with Gasteiger partial charge in [0.2, 0.25) is 0 Å².